The summed E-state index contributed by atoms with van der Waals surface area (Å²) >= 11 is 1.81. The van der Waals surface area contributed by atoms with Crippen LogP contribution in [-0.2, 0) is 0 Å². The first kappa shape index (κ1) is 37.1. The van der Waals surface area contributed by atoms with E-state index in [1.165, 1.54) is 26.4 Å². The molecule has 1 saturated heterocycles. The van der Waals surface area contributed by atoms with E-state index in [0.717, 1.165) is 95.9 Å². The van der Waals surface area contributed by atoms with E-state index in [-0.39, 0.29) is 11.5 Å². The molecule has 7 heteroatoms. The van der Waals surface area contributed by atoms with Gasteiger partial charge in [-0.3, -0.25) is 14.5 Å². The van der Waals surface area contributed by atoms with E-state index < -0.39 is 0 Å². The van der Waals surface area contributed by atoms with Crippen molar-refractivity contribution in [2.45, 2.75) is 71.1 Å². The van der Waals surface area contributed by atoms with Crippen LogP contribution in [0.25, 0.3) is 21.0 Å². The van der Waals surface area contributed by atoms with Crippen LogP contribution in [0.3, 0.4) is 0 Å². The van der Waals surface area contributed by atoms with Gasteiger partial charge in [0.05, 0.1) is 12.1 Å². The number of benzene rings is 2. The maximum atomic E-state index is 13.2. The first-order chi connectivity index (χ1) is 24.6. The molecule has 0 unspecified atom stereocenters. The second kappa shape index (κ2) is 20.5. The summed E-state index contributed by atoms with van der Waals surface area (Å²) in [6, 6.07) is 17.8. The topological polar surface area (TPSA) is 54.8 Å². The molecule has 4 aromatic rings. The molecule has 6 nitrogen and oxygen atoms in total. The molecule has 1 aliphatic heterocycles. The van der Waals surface area contributed by atoms with Crippen LogP contribution in [0.5, 0.6) is 5.75 Å². The van der Waals surface area contributed by atoms with Gasteiger partial charge in [0, 0.05) is 60.5 Å². The number of carbonyl (C=O) groups is 1. The molecule has 3 heterocycles. The van der Waals surface area contributed by atoms with Crippen molar-refractivity contribution in [2.24, 2.45) is 0 Å². The third kappa shape index (κ3) is 11.2. The minimum Gasteiger partial charge on any atom is -0.494 e. The van der Waals surface area contributed by atoms with Gasteiger partial charge in [-0.25, -0.2) is 4.57 Å². The lowest BCUT2D eigenvalue weighted by atomic mass is 10.1. The van der Waals surface area contributed by atoms with Crippen LogP contribution in [0.1, 0.15) is 75.9 Å². The van der Waals surface area contributed by atoms with Gasteiger partial charge in [0.2, 0.25) is 5.91 Å². The molecule has 0 aliphatic carbocycles. The summed E-state index contributed by atoms with van der Waals surface area (Å²) in [5.41, 5.74) is 1.69. The Balaban J connectivity index is 0.993. The van der Waals surface area contributed by atoms with Crippen LogP contribution in [-0.4, -0.2) is 54.7 Å². The second-order valence-corrected chi connectivity index (χ2v) is 13.8. The average Bonchev–Trinajstić information content (AvgIpc) is 3.63. The lowest BCUT2D eigenvalue weighted by Gasteiger charge is -2.36. The lowest BCUT2D eigenvalue weighted by molar-refractivity contribution is 0.0900. The Labute approximate surface area is 302 Å². The zero-order chi connectivity index (χ0) is 34.8. The molecule has 50 heavy (non-hydrogen) atoms. The van der Waals surface area contributed by atoms with E-state index in [9.17, 15) is 9.59 Å². The number of rotatable bonds is 19. The number of fused-ring (bicyclic) bond motifs is 2. The van der Waals surface area contributed by atoms with Crippen molar-refractivity contribution >= 4 is 43.9 Å². The zero-order valence-corrected chi connectivity index (χ0v) is 30.5. The monoisotopic (exact) mass is 691 g/mol. The number of unbranched alkanes of at least 4 members (excludes halogenated alkanes) is 3. The highest BCUT2D eigenvalue weighted by molar-refractivity contribution is 7.17. The van der Waals surface area contributed by atoms with Crippen molar-refractivity contribution in [3.05, 3.63) is 119 Å². The molecule has 0 saturated carbocycles. The number of pyridine rings is 1. The third-order valence-electron chi connectivity index (χ3n) is 9.17. The maximum absolute atomic E-state index is 13.2. The molecule has 0 bridgehead atoms. The summed E-state index contributed by atoms with van der Waals surface area (Å²) in [5, 5.41) is 4.41. The summed E-state index contributed by atoms with van der Waals surface area (Å²) in [5.74, 6) is 0.537. The summed E-state index contributed by atoms with van der Waals surface area (Å²) < 4.78 is 8.79. The molecular formula is C43H53N3O3S. The number of hydrogen-bond acceptors (Lipinski definition) is 6. The Morgan fingerprint density at radius 2 is 1.54 bits per heavy atom. The largest absolute Gasteiger partial charge is 0.494 e. The van der Waals surface area contributed by atoms with E-state index >= 15 is 0 Å². The number of carbonyl (C=O) groups excluding carboxylic acids is 1. The number of thiophene rings is 1. The molecule has 1 aliphatic rings. The highest BCUT2D eigenvalue weighted by Crippen LogP contribution is 2.31. The van der Waals surface area contributed by atoms with Crippen molar-refractivity contribution in [3.63, 3.8) is 0 Å². The Kier molecular flexibility index (Phi) is 15.2. The Morgan fingerprint density at radius 1 is 0.800 bits per heavy atom. The van der Waals surface area contributed by atoms with Gasteiger partial charge in [-0.2, -0.15) is 0 Å². The summed E-state index contributed by atoms with van der Waals surface area (Å²) in [4.78, 5) is 31.1. The predicted octanol–water partition coefficient (Wildman–Crippen LogP) is 10.2. The first-order valence-electron chi connectivity index (χ1n) is 18.5. The molecule has 0 N–H and O–H groups in total. The van der Waals surface area contributed by atoms with Gasteiger partial charge in [0.25, 0.3) is 5.56 Å². The molecule has 5 rings (SSSR count). The second-order valence-electron chi connectivity index (χ2n) is 12.9. The van der Waals surface area contributed by atoms with E-state index in [0.29, 0.717) is 24.3 Å². The zero-order valence-electron chi connectivity index (χ0n) is 29.7. The SMILES string of the molecule is CC/C=C\C/C=C\C/C=C\C/C=C\CCCCC(=O)n1c(=O)ccc2ccc(OCCCCN3CCN(c4cccc5sccc45)CC3)cc21. The first-order valence-corrected chi connectivity index (χ1v) is 19.4. The Bertz CT molecular complexity index is 1820. The van der Waals surface area contributed by atoms with Crippen LogP contribution in [0, 0.1) is 0 Å². The number of nitrogens with zero attached hydrogens (tertiary/aromatic N) is 3. The molecule has 264 valence electrons. The average molecular weight is 692 g/mol. The minimum atomic E-state index is -0.286. The van der Waals surface area contributed by atoms with Gasteiger partial charge in [-0.05, 0) is 111 Å². The van der Waals surface area contributed by atoms with Crippen LogP contribution < -0.4 is 15.2 Å². The molecule has 2 aromatic carbocycles. The van der Waals surface area contributed by atoms with Gasteiger partial charge in [-0.15, -0.1) is 11.3 Å². The smallest absolute Gasteiger partial charge is 0.257 e. The van der Waals surface area contributed by atoms with Crippen molar-refractivity contribution < 1.29 is 9.53 Å². The number of aromatic nitrogens is 1. The normalized spacial score (nSPS) is 14.5. The number of piperazine rings is 1. The van der Waals surface area contributed by atoms with Crippen molar-refractivity contribution in [3.8, 4) is 5.75 Å². The van der Waals surface area contributed by atoms with Crippen LogP contribution in [0.4, 0.5) is 5.69 Å². The van der Waals surface area contributed by atoms with E-state index in [4.69, 9.17) is 4.74 Å². The molecule has 1 fully saturated rings. The fraction of sp³-hybridized carbons (Fsp3) is 0.395. The van der Waals surface area contributed by atoms with Gasteiger partial charge in [0.15, 0.2) is 0 Å². The highest BCUT2D eigenvalue weighted by Gasteiger charge is 2.18. The Morgan fingerprint density at radius 3 is 2.32 bits per heavy atom. The number of ether oxygens (including phenoxy) is 1. The summed E-state index contributed by atoms with van der Waals surface area (Å²) in [7, 11) is 0. The van der Waals surface area contributed by atoms with Gasteiger partial charge < -0.3 is 9.64 Å². The number of hydrogen-bond donors (Lipinski definition) is 0. The summed E-state index contributed by atoms with van der Waals surface area (Å²) in [6.45, 7) is 8.06. The predicted molar refractivity (Wildman–Crippen MR) is 213 cm³/mol. The Hall–Kier alpha value is -4.20. The quantitative estimate of drug-likeness (QED) is 0.0724. The molecule has 0 atom stereocenters. The molecular weight excluding hydrogens is 639 g/mol. The summed E-state index contributed by atoms with van der Waals surface area (Å²) in [6.07, 6.45) is 26.4. The van der Waals surface area contributed by atoms with E-state index in [1.54, 1.807) is 6.07 Å². The standard InChI is InChI=1S/C43H53N3O3S/c1-2-3-4-5-6-7-8-9-10-11-12-13-14-15-16-22-42(47)46-40-35-37(25-23-36(40)24-26-43(46)48)49-33-18-17-28-44-29-31-45(32-30-44)39-20-19-21-41-38(39)27-34-50-41/h3-4,6-7,9-10,12-13,19-21,23-27,34-35H,2,5,8,11,14-18,22,28-33H2,1H3/b4-3-,7-6-,10-9-,13-12-. The van der Waals surface area contributed by atoms with E-state index in [2.05, 4.69) is 95.0 Å². The number of allylic oxidation sites excluding steroid dienone is 8. The van der Waals surface area contributed by atoms with E-state index in [1.807, 2.05) is 29.5 Å². The maximum Gasteiger partial charge on any atom is 0.257 e. The molecule has 0 spiro atoms. The van der Waals surface area contributed by atoms with Gasteiger partial charge >= 0.3 is 0 Å². The minimum absolute atomic E-state index is 0.157. The van der Waals surface area contributed by atoms with Crippen molar-refractivity contribution in [1.29, 1.82) is 0 Å². The van der Waals surface area contributed by atoms with Crippen LogP contribution in [0.15, 0.2) is 113 Å². The fourth-order valence-electron chi connectivity index (χ4n) is 6.40. The highest BCUT2D eigenvalue weighted by atomic mass is 32.1. The fourth-order valence-corrected chi connectivity index (χ4v) is 7.21. The van der Waals surface area contributed by atoms with Crippen molar-refractivity contribution in [2.75, 3.05) is 44.2 Å². The van der Waals surface area contributed by atoms with Gasteiger partial charge in [0.1, 0.15) is 5.75 Å². The molecule has 0 radical (unpaired) electrons. The third-order valence-corrected chi connectivity index (χ3v) is 10.1. The van der Waals surface area contributed by atoms with Crippen LogP contribution in [0.2, 0.25) is 0 Å². The van der Waals surface area contributed by atoms with Crippen LogP contribution >= 0.6 is 11.3 Å². The lowest BCUT2D eigenvalue weighted by Crippen LogP contribution is -2.46. The molecule has 2 aromatic heterocycles. The van der Waals surface area contributed by atoms with Crippen molar-refractivity contribution in [1.82, 2.24) is 9.47 Å². The number of anilines is 1. The van der Waals surface area contributed by atoms with Gasteiger partial charge in [-0.1, -0.05) is 61.6 Å². The molecule has 0 amide bonds.